The van der Waals surface area contributed by atoms with Crippen LogP contribution in [-0.4, -0.2) is 31.0 Å². The molecule has 0 aliphatic rings. The molecule has 22 heavy (non-hydrogen) atoms. The van der Waals surface area contributed by atoms with Crippen LogP contribution in [0.4, 0.5) is 5.82 Å². The van der Waals surface area contributed by atoms with Crippen molar-refractivity contribution in [3.8, 4) is 0 Å². The van der Waals surface area contributed by atoms with Gasteiger partial charge < -0.3 is 9.88 Å². The standard InChI is InChI=1S/C16H20N6/c1-3-4-7-19-16-15-13(20-12(2)21-16)6-10-22(15)11-14-17-8-5-9-18-14/h5-6,8-10H,3-4,7,11H2,1-2H3,(H,19,20,21). The predicted molar refractivity (Wildman–Crippen MR) is 86.8 cm³/mol. The highest BCUT2D eigenvalue weighted by molar-refractivity contribution is 5.86. The lowest BCUT2D eigenvalue weighted by atomic mass is 10.3. The van der Waals surface area contributed by atoms with Gasteiger partial charge >= 0.3 is 0 Å². The summed E-state index contributed by atoms with van der Waals surface area (Å²) >= 11 is 0. The van der Waals surface area contributed by atoms with Gasteiger partial charge in [0.15, 0.2) is 5.82 Å². The van der Waals surface area contributed by atoms with Crippen LogP contribution in [0.15, 0.2) is 30.7 Å². The smallest absolute Gasteiger partial charge is 0.154 e. The zero-order chi connectivity index (χ0) is 15.4. The lowest BCUT2D eigenvalue weighted by molar-refractivity contribution is 0.768. The van der Waals surface area contributed by atoms with Crippen molar-refractivity contribution in [3.63, 3.8) is 0 Å². The van der Waals surface area contributed by atoms with Gasteiger partial charge in [-0.25, -0.2) is 19.9 Å². The first kappa shape index (κ1) is 14.4. The third-order valence-electron chi connectivity index (χ3n) is 3.48. The molecule has 0 aromatic carbocycles. The Morgan fingerprint density at radius 2 is 2.00 bits per heavy atom. The van der Waals surface area contributed by atoms with Crippen LogP contribution in [0.5, 0.6) is 0 Å². The number of aryl methyl sites for hydroxylation is 1. The van der Waals surface area contributed by atoms with Crippen molar-refractivity contribution >= 4 is 16.9 Å². The van der Waals surface area contributed by atoms with Crippen LogP contribution in [-0.2, 0) is 6.54 Å². The van der Waals surface area contributed by atoms with Gasteiger partial charge in [0.05, 0.1) is 12.1 Å². The molecule has 6 heteroatoms. The molecule has 3 rings (SSSR count). The first-order chi connectivity index (χ1) is 10.8. The van der Waals surface area contributed by atoms with Crippen molar-refractivity contribution < 1.29 is 0 Å². The van der Waals surface area contributed by atoms with Crippen molar-refractivity contribution in [2.45, 2.75) is 33.2 Å². The van der Waals surface area contributed by atoms with Crippen molar-refractivity contribution in [2.75, 3.05) is 11.9 Å². The summed E-state index contributed by atoms with van der Waals surface area (Å²) in [6.07, 6.45) is 7.80. The fourth-order valence-electron chi connectivity index (χ4n) is 2.43. The molecule has 0 bridgehead atoms. The fourth-order valence-corrected chi connectivity index (χ4v) is 2.43. The SMILES string of the molecule is CCCCNc1nc(C)nc2ccn(Cc3ncccn3)c12. The van der Waals surface area contributed by atoms with E-state index in [1.807, 2.05) is 25.3 Å². The van der Waals surface area contributed by atoms with Crippen LogP contribution in [0.1, 0.15) is 31.4 Å². The lowest BCUT2D eigenvalue weighted by Gasteiger charge is -2.10. The predicted octanol–water partition coefficient (Wildman–Crippen LogP) is 2.79. The lowest BCUT2D eigenvalue weighted by Crippen LogP contribution is -2.09. The summed E-state index contributed by atoms with van der Waals surface area (Å²) in [5.74, 6) is 2.44. The van der Waals surface area contributed by atoms with E-state index in [0.29, 0.717) is 6.54 Å². The number of aromatic nitrogens is 5. The highest BCUT2D eigenvalue weighted by atomic mass is 15.1. The molecule has 0 saturated heterocycles. The third kappa shape index (κ3) is 3.05. The van der Waals surface area contributed by atoms with Gasteiger partial charge in [-0.1, -0.05) is 13.3 Å². The van der Waals surface area contributed by atoms with E-state index in [4.69, 9.17) is 0 Å². The molecule has 0 saturated carbocycles. The number of anilines is 1. The Morgan fingerprint density at radius 3 is 2.77 bits per heavy atom. The molecule has 0 spiro atoms. The van der Waals surface area contributed by atoms with E-state index >= 15 is 0 Å². The summed E-state index contributed by atoms with van der Waals surface area (Å²) in [4.78, 5) is 17.7. The summed E-state index contributed by atoms with van der Waals surface area (Å²) in [6.45, 7) is 5.62. The molecular weight excluding hydrogens is 276 g/mol. The Hall–Kier alpha value is -2.50. The molecule has 3 aromatic rings. The van der Waals surface area contributed by atoms with E-state index in [0.717, 1.165) is 47.9 Å². The number of nitrogens with zero attached hydrogens (tertiary/aromatic N) is 5. The van der Waals surface area contributed by atoms with Gasteiger partial charge in [-0.2, -0.15) is 0 Å². The Kier molecular flexibility index (Phi) is 4.27. The van der Waals surface area contributed by atoms with E-state index in [1.54, 1.807) is 12.4 Å². The quantitative estimate of drug-likeness (QED) is 0.708. The molecule has 1 N–H and O–H groups in total. The number of fused-ring (bicyclic) bond motifs is 1. The van der Waals surface area contributed by atoms with Crippen LogP contribution in [0.25, 0.3) is 11.0 Å². The van der Waals surface area contributed by atoms with Crippen molar-refractivity contribution in [3.05, 3.63) is 42.4 Å². The molecule has 0 amide bonds. The molecule has 0 atom stereocenters. The minimum absolute atomic E-state index is 0.610. The minimum atomic E-state index is 0.610. The second kappa shape index (κ2) is 6.51. The fraction of sp³-hybridized carbons (Fsp3) is 0.375. The molecule has 114 valence electrons. The van der Waals surface area contributed by atoms with Gasteiger partial charge in [-0.3, -0.25) is 0 Å². The molecule has 0 aliphatic carbocycles. The summed E-state index contributed by atoms with van der Waals surface area (Å²) in [7, 11) is 0. The summed E-state index contributed by atoms with van der Waals surface area (Å²) < 4.78 is 2.10. The van der Waals surface area contributed by atoms with E-state index in [-0.39, 0.29) is 0 Å². The maximum atomic E-state index is 4.56. The minimum Gasteiger partial charge on any atom is -0.368 e. The Bertz CT molecular complexity index is 750. The number of nitrogens with one attached hydrogen (secondary N) is 1. The second-order valence-electron chi connectivity index (χ2n) is 5.24. The number of unbranched alkanes of at least 4 members (excludes halogenated alkanes) is 1. The third-order valence-corrected chi connectivity index (χ3v) is 3.48. The van der Waals surface area contributed by atoms with Crippen molar-refractivity contribution in [2.24, 2.45) is 0 Å². The van der Waals surface area contributed by atoms with Crippen LogP contribution < -0.4 is 5.32 Å². The molecule has 0 unspecified atom stereocenters. The van der Waals surface area contributed by atoms with E-state index in [1.165, 1.54) is 0 Å². The van der Waals surface area contributed by atoms with E-state index in [9.17, 15) is 0 Å². The van der Waals surface area contributed by atoms with Crippen molar-refractivity contribution in [1.29, 1.82) is 0 Å². The Morgan fingerprint density at radius 1 is 1.18 bits per heavy atom. The van der Waals surface area contributed by atoms with E-state index < -0.39 is 0 Å². The van der Waals surface area contributed by atoms with Crippen LogP contribution in [0.3, 0.4) is 0 Å². The topological polar surface area (TPSA) is 68.5 Å². The highest BCUT2D eigenvalue weighted by Gasteiger charge is 2.11. The Balaban J connectivity index is 1.96. The monoisotopic (exact) mass is 296 g/mol. The number of rotatable bonds is 6. The molecule has 0 fully saturated rings. The summed E-state index contributed by atoms with van der Waals surface area (Å²) in [5, 5.41) is 3.43. The van der Waals surface area contributed by atoms with Gasteiger partial charge in [0.2, 0.25) is 0 Å². The maximum Gasteiger partial charge on any atom is 0.154 e. The summed E-state index contributed by atoms with van der Waals surface area (Å²) in [5.41, 5.74) is 1.96. The van der Waals surface area contributed by atoms with E-state index in [2.05, 4.69) is 36.7 Å². The summed E-state index contributed by atoms with van der Waals surface area (Å²) in [6, 6.07) is 3.83. The van der Waals surface area contributed by atoms with Gasteiger partial charge in [-0.05, 0) is 25.5 Å². The number of hydrogen-bond acceptors (Lipinski definition) is 5. The molecule has 6 nitrogen and oxygen atoms in total. The normalized spacial score (nSPS) is 11.0. The second-order valence-corrected chi connectivity index (χ2v) is 5.24. The number of hydrogen-bond donors (Lipinski definition) is 1. The highest BCUT2D eigenvalue weighted by Crippen LogP contribution is 2.22. The maximum absolute atomic E-state index is 4.56. The van der Waals surface area contributed by atoms with Gasteiger partial charge in [0, 0.05) is 25.1 Å². The zero-order valence-corrected chi connectivity index (χ0v) is 13.0. The van der Waals surface area contributed by atoms with Crippen LogP contribution in [0, 0.1) is 6.92 Å². The first-order valence-electron chi connectivity index (χ1n) is 7.61. The average molecular weight is 296 g/mol. The molecule has 3 heterocycles. The molecule has 0 radical (unpaired) electrons. The average Bonchev–Trinajstić information content (AvgIpc) is 2.91. The first-order valence-corrected chi connectivity index (χ1v) is 7.61. The van der Waals surface area contributed by atoms with Gasteiger partial charge in [0.1, 0.15) is 17.2 Å². The molecule has 0 aliphatic heterocycles. The van der Waals surface area contributed by atoms with Crippen molar-refractivity contribution in [1.82, 2.24) is 24.5 Å². The Labute approximate surface area is 129 Å². The largest absolute Gasteiger partial charge is 0.368 e. The zero-order valence-electron chi connectivity index (χ0n) is 13.0. The molecule has 3 aromatic heterocycles. The van der Waals surface area contributed by atoms with Gasteiger partial charge in [-0.15, -0.1) is 0 Å². The van der Waals surface area contributed by atoms with Gasteiger partial charge in [0.25, 0.3) is 0 Å². The molecular formula is C16H20N6. The van der Waals surface area contributed by atoms with Crippen LogP contribution in [0.2, 0.25) is 0 Å². The van der Waals surface area contributed by atoms with Crippen LogP contribution >= 0.6 is 0 Å².